The third-order valence-electron chi connectivity index (χ3n) is 5.02. The summed E-state index contributed by atoms with van der Waals surface area (Å²) in [6, 6.07) is 11.1. The van der Waals surface area contributed by atoms with Crippen LogP contribution in [0.4, 0.5) is 0 Å². The lowest BCUT2D eigenvalue weighted by Crippen LogP contribution is -2.60. The summed E-state index contributed by atoms with van der Waals surface area (Å²) in [5.41, 5.74) is 0.693. The Morgan fingerprint density at radius 3 is 2.46 bits per heavy atom. The molecule has 8 nitrogen and oxygen atoms in total. The van der Waals surface area contributed by atoms with Crippen molar-refractivity contribution in [3.05, 3.63) is 42.0 Å². The van der Waals surface area contributed by atoms with E-state index in [4.69, 9.17) is 14.2 Å². The summed E-state index contributed by atoms with van der Waals surface area (Å²) >= 11 is 0. The molecule has 2 aromatic carbocycles. The Bertz CT molecular complexity index is 838. The fourth-order valence-electron chi connectivity index (χ4n) is 3.22. The van der Waals surface area contributed by atoms with E-state index in [1.165, 1.54) is 0 Å². The summed E-state index contributed by atoms with van der Waals surface area (Å²) in [5.74, 6) is -0.632. The molecule has 4 N–H and O–H groups in total. The topological polar surface area (TPSA) is 126 Å². The van der Waals surface area contributed by atoms with Crippen LogP contribution in [0.1, 0.15) is 18.4 Å². The molecule has 0 spiro atoms. The first kappa shape index (κ1) is 20.5. The monoisotopic (exact) mass is 392 g/mol. The SMILES string of the molecule is COc1ccc2cc(C(C)C(=O)O[C@@H]3[C@@H](O)[C@H](O)O[C@H](CO)[C@H]3O)ccc2c1. The molecule has 0 saturated carbocycles. The van der Waals surface area contributed by atoms with Gasteiger partial charge in [-0.3, -0.25) is 4.79 Å². The Morgan fingerprint density at radius 1 is 1.11 bits per heavy atom. The molecule has 1 heterocycles. The predicted octanol–water partition coefficient (Wildman–Crippen LogP) is 0.295. The summed E-state index contributed by atoms with van der Waals surface area (Å²) < 4.78 is 15.4. The van der Waals surface area contributed by atoms with Crippen LogP contribution in [0, 0.1) is 0 Å². The maximum atomic E-state index is 12.6. The Morgan fingerprint density at radius 2 is 1.79 bits per heavy atom. The molecule has 0 aromatic heterocycles. The molecule has 1 aliphatic rings. The second-order valence-electron chi connectivity index (χ2n) is 6.82. The van der Waals surface area contributed by atoms with Gasteiger partial charge in [-0.2, -0.15) is 0 Å². The van der Waals surface area contributed by atoms with Gasteiger partial charge >= 0.3 is 5.97 Å². The van der Waals surface area contributed by atoms with Gasteiger partial charge in [0, 0.05) is 0 Å². The molecule has 0 amide bonds. The minimum atomic E-state index is -1.68. The Kier molecular flexibility index (Phi) is 6.17. The van der Waals surface area contributed by atoms with E-state index in [9.17, 15) is 25.2 Å². The largest absolute Gasteiger partial charge is 0.497 e. The number of hydrogen-bond donors (Lipinski definition) is 4. The molecule has 0 radical (unpaired) electrons. The molecule has 152 valence electrons. The number of benzene rings is 2. The van der Waals surface area contributed by atoms with Crippen LogP contribution >= 0.6 is 0 Å². The lowest BCUT2D eigenvalue weighted by molar-refractivity contribution is -0.290. The third kappa shape index (κ3) is 3.96. The number of esters is 1. The summed E-state index contributed by atoms with van der Waals surface area (Å²) in [4.78, 5) is 12.6. The lowest BCUT2D eigenvalue weighted by atomic mass is 9.96. The highest BCUT2D eigenvalue weighted by molar-refractivity contribution is 5.86. The van der Waals surface area contributed by atoms with E-state index in [1.807, 2.05) is 30.3 Å². The van der Waals surface area contributed by atoms with Crippen LogP contribution in [0.2, 0.25) is 0 Å². The molecular formula is C20H24O8. The highest BCUT2D eigenvalue weighted by Gasteiger charge is 2.46. The average molecular weight is 392 g/mol. The molecule has 1 fully saturated rings. The van der Waals surface area contributed by atoms with Crippen LogP contribution in [0.5, 0.6) is 5.75 Å². The van der Waals surface area contributed by atoms with Crippen LogP contribution < -0.4 is 4.74 Å². The Balaban J connectivity index is 1.77. The van der Waals surface area contributed by atoms with Crippen molar-refractivity contribution in [2.24, 2.45) is 0 Å². The molecule has 0 aliphatic carbocycles. The molecule has 3 rings (SSSR count). The van der Waals surface area contributed by atoms with Gasteiger partial charge in [0.2, 0.25) is 0 Å². The van der Waals surface area contributed by atoms with E-state index < -0.39 is 49.2 Å². The van der Waals surface area contributed by atoms with E-state index in [1.54, 1.807) is 20.1 Å². The molecule has 0 bridgehead atoms. The van der Waals surface area contributed by atoms with Crippen molar-refractivity contribution in [2.75, 3.05) is 13.7 Å². The predicted molar refractivity (Wildman–Crippen MR) is 98.8 cm³/mol. The van der Waals surface area contributed by atoms with Crippen molar-refractivity contribution in [1.82, 2.24) is 0 Å². The number of aliphatic hydroxyl groups excluding tert-OH is 4. The van der Waals surface area contributed by atoms with Crippen molar-refractivity contribution in [3.63, 3.8) is 0 Å². The molecular weight excluding hydrogens is 368 g/mol. The quantitative estimate of drug-likeness (QED) is 0.535. The third-order valence-corrected chi connectivity index (χ3v) is 5.02. The summed E-state index contributed by atoms with van der Waals surface area (Å²) in [6.45, 7) is 1.05. The fraction of sp³-hybridized carbons (Fsp3) is 0.450. The van der Waals surface area contributed by atoms with Crippen LogP contribution in [-0.4, -0.2) is 70.8 Å². The van der Waals surface area contributed by atoms with Crippen LogP contribution in [0.3, 0.4) is 0 Å². The summed E-state index contributed by atoms with van der Waals surface area (Å²) in [5, 5.41) is 41.0. The lowest BCUT2D eigenvalue weighted by Gasteiger charge is -2.39. The number of ether oxygens (including phenoxy) is 3. The number of fused-ring (bicyclic) bond motifs is 1. The number of rotatable bonds is 5. The average Bonchev–Trinajstić information content (AvgIpc) is 2.72. The summed E-state index contributed by atoms with van der Waals surface area (Å²) in [6.07, 6.45) is -7.35. The van der Waals surface area contributed by atoms with E-state index in [0.717, 1.165) is 16.5 Å². The smallest absolute Gasteiger partial charge is 0.313 e. The fourth-order valence-corrected chi connectivity index (χ4v) is 3.22. The zero-order valence-electron chi connectivity index (χ0n) is 15.6. The van der Waals surface area contributed by atoms with Crippen molar-refractivity contribution in [2.45, 2.75) is 43.5 Å². The first-order chi connectivity index (χ1) is 13.3. The zero-order chi connectivity index (χ0) is 20.4. The van der Waals surface area contributed by atoms with Crippen LogP contribution in [0.15, 0.2) is 36.4 Å². The first-order valence-electron chi connectivity index (χ1n) is 8.94. The molecule has 28 heavy (non-hydrogen) atoms. The second kappa shape index (κ2) is 8.42. The first-order valence-corrected chi connectivity index (χ1v) is 8.94. The molecule has 1 unspecified atom stereocenters. The molecule has 6 atom stereocenters. The number of aliphatic hydroxyl groups is 4. The highest BCUT2D eigenvalue weighted by atomic mass is 16.7. The van der Waals surface area contributed by atoms with Crippen molar-refractivity contribution < 1.29 is 39.4 Å². The van der Waals surface area contributed by atoms with Gasteiger partial charge in [-0.05, 0) is 35.4 Å². The van der Waals surface area contributed by atoms with Gasteiger partial charge in [0.05, 0.1) is 19.6 Å². The standard InChI is InChI=1S/C20H24O8/c1-10(11-3-4-13-8-14(26-2)6-5-12(13)7-11)19(24)28-18-16(22)15(9-21)27-20(25)17(18)23/h3-8,10,15-18,20-23,25H,9H2,1-2H3/t10?,15-,16-,17-,18+,20-/m1/s1. The maximum absolute atomic E-state index is 12.6. The number of carbonyl (C=O) groups excluding carboxylic acids is 1. The molecule has 1 aliphatic heterocycles. The van der Waals surface area contributed by atoms with Crippen LogP contribution in [0.25, 0.3) is 10.8 Å². The van der Waals surface area contributed by atoms with Gasteiger partial charge in [0.15, 0.2) is 12.4 Å². The van der Waals surface area contributed by atoms with Gasteiger partial charge in [-0.1, -0.05) is 24.3 Å². The molecule has 1 saturated heterocycles. The van der Waals surface area contributed by atoms with Crippen molar-refractivity contribution >= 4 is 16.7 Å². The maximum Gasteiger partial charge on any atom is 0.313 e. The molecule has 2 aromatic rings. The highest BCUT2D eigenvalue weighted by Crippen LogP contribution is 2.28. The Hall–Kier alpha value is -2.23. The summed E-state index contributed by atoms with van der Waals surface area (Å²) in [7, 11) is 1.59. The zero-order valence-corrected chi connectivity index (χ0v) is 15.6. The second-order valence-corrected chi connectivity index (χ2v) is 6.82. The van der Waals surface area contributed by atoms with E-state index in [2.05, 4.69) is 0 Å². The van der Waals surface area contributed by atoms with Gasteiger partial charge in [0.25, 0.3) is 0 Å². The number of hydrogen-bond acceptors (Lipinski definition) is 8. The minimum Gasteiger partial charge on any atom is -0.497 e. The van der Waals surface area contributed by atoms with Crippen molar-refractivity contribution in [3.8, 4) is 5.75 Å². The number of carbonyl (C=O) groups is 1. The van der Waals surface area contributed by atoms with Gasteiger partial charge < -0.3 is 34.6 Å². The Labute approximate surface area is 161 Å². The minimum absolute atomic E-state index is 0.595. The van der Waals surface area contributed by atoms with E-state index in [-0.39, 0.29) is 0 Å². The van der Waals surface area contributed by atoms with Gasteiger partial charge in [0.1, 0.15) is 24.1 Å². The van der Waals surface area contributed by atoms with Gasteiger partial charge in [-0.25, -0.2) is 0 Å². The van der Waals surface area contributed by atoms with Crippen molar-refractivity contribution in [1.29, 1.82) is 0 Å². The normalized spacial score (nSPS) is 28.7. The van der Waals surface area contributed by atoms with Crippen LogP contribution in [-0.2, 0) is 14.3 Å². The van der Waals surface area contributed by atoms with E-state index >= 15 is 0 Å². The van der Waals surface area contributed by atoms with E-state index in [0.29, 0.717) is 5.56 Å². The molecule has 8 heteroatoms. The number of methoxy groups -OCH3 is 1. The van der Waals surface area contributed by atoms with Gasteiger partial charge in [-0.15, -0.1) is 0 Å².